The smallest absolute Gasteiger partial charge is 0.307 e. The van der Waals surface area contributed by atoms with Crippen molar-refractivity contribution in [2.24, 2.45) is 0 Å². The summed E-state index contributed by atoms with van der Waals surface area (Å²) in [6.45, 7) is 16.0. The van der Waals surface area contributed by atoms with E-state index in [1.807, 2.05) is 0 Å². The molecule has 2 aromatic rings. The summed E-state index contributed by atoms with van der Waals surface area (Å²) in [6.07, 6.45) is 0.244. The summed E-state index contributed by atoms with van der Waals surface area (Å²) in [5.74, 6) is -0.285. The standard InChI is InChI=1S/C38H62O12Si/c1-38(2,3)51(35-11-7-5-8-12-35,36-13-9-6-10-14-36)50-34-33-49-32-31-48-30-29-47-28-27-46-26-25-45-24-23-44-22-21-43-20-19-42-18-17-41-16-15-37(39)40-4/h5-14H,15-34H2,1-4H3. The van der Waals surface area contributed by atoms with E-state index in [-0.39, 0.29) is 17.4 Å². The van der Waals surface area contributed by atoms with Crippen LogP contribution in [0.25, 0.3) is 0 Å². The van der Waals surface area contributed by atoms with Crippen LogP contribution in [0.3, 0.4) is 0 Å². The summed E-state index contributed by atoms with van der Waals surface area (Å²) in [7, 11) is -1.19. The van der Waals surface area contributed by atoms with Crippen molar-refractivity contribution in [1.29, 1.82) is 0 Å². The first-order chi connectivity index (χ1) is 24.9. The zero-order chi connectivity index (χ0) is 36.7. The average molecular weight is 739 g/mol. The summed E-state index contributed by atoms with van der Waals surface area (Å²) in [5.41, 5.74) is 0. The van der Waals surface area contributed by atoms with E-state index < -0.39 is 8.32 Å². The number of hydrogen-bond donors (Lipinski definition) is 0. The summed E-state index contributed by atoms with van der Waals surface area (Å²) in [6, 6.07) is 21.3. The van der Waals surface area contributed by atoms with E-state index in [1.165, 1.54) is 17.5 Å². The number of benzene rings is 2. The van der Waals surface area contributed by atoms with E-state index in [2.05, 4.69) is 86.2 Å². The molecule has 0 aliphatic rings. The Morgan fingerprint density at radius 3 is 1.00 bits per heavy atom. The summed E-state index contributed by atoms with van der Waals surface area (Å²) in [4.78, 5) is 10.9. The number of carbonyl (C=O) groups excluding carboxylic acids is 1. The summed E-state index contributed by atoms with van der Waals surface area (Å²) in [5, 5.41) is 2.47. The molecule has 2 rings (SSSR count). The van der Waals surface area contributed by atoms with E-state index in [0.717, 1.165) is 0 Å². The lowest BCUT2D eigenvalue weighted by Crippen LogP contribution is -2.66. The Bertz CT molecular complexity index is 1050. The molecule has 0 saturated heterocycles. The molecule has 0 bridgehead atoms. The molecule has 12 nitrogen and oxygen atoms in total. The Morgan fingerprint density at radius 1 is 0.451 bits per heavy atom. The minimum atomic E-state index is -2.54. The van der Waals surface area contributed by atoms with Crippen molar-refractivity contribution in [2.75, 3.05) is 133 Å². The number of methoxy groups -OCH3 is 1. The molecular formula is C38H62O12Si. The number of ether oxygens (including phenoxy) is 10. The van der Waals surface area contributed by atoms with Gasteiger partial charge in [-0.1, -0.05) is 81.4 Å². The molecule has 2 aromatic carbocycles. The van der Waals surface area contributed by atoms with Gasteiger partial charge in [0.15, 0.2) is 0 Å². The number of esters is 1. The third-order valence-electron chi connectivity index (χ3n) is 7.62. The predicted molar refractivity (Wildman–Crippen MR) is 198 cm³/mol. The van der Waals surface area contributed by atoms with Crippen LogP contribution in [0.1, 0.15) is 27.2 Å². The topological polar surface area (TPSA) is 119 Å². The zero-order valence-electron chi connectivity index (χ0n) is 31.3. The van der Waals surface area contributed by atoms with E-state index >= 15 is 0 Å². The molecule has 13 heteroatoms. The van der Waals surface area contributed by atoms with Gasteiger partial charge >= 0.3 is 5.97 Å². The first-order valence-electron chi connectivity index (χ1n) is 17.9. The van der Waals surface area contributed by atoms with Gasteiger partial charge in [-0.3, -0.25) is 4.79 Å². The van der Waals surface area contributed by atoms with Crippen LogP contribution >= 0.6 is 0 Å². The number of rotatable bonds is 33. The molecule has 0 heterocycles. The van der Waals surface area contributed by atoms with Crippen LogP contribution in [0, 0.1) is 0 Å². The van der Waals surface area contributed by atoms with E-state index in [9.17, 15) is 4.79 Å². The average Bonchev–Trinajstić information content (AvgIpc) is 3.14. The zero-order valence-corrected chi connectivity index (χ0v) is 32.3. The monoisotopic (exact) mass is 738 g/mol. The highest BCUT2D eigenvalue weighted by Gasteiger charge is 2.50. The third kappa shape index (κ3) is 19.9. The van der Waals surface area contributed by atoms with Crippen LogP contribution in [0.5, 0.6) is 0 Å². The van der Waals surface area contributed by atoms with Gasteiger partial charge in [-0.05, 0) is 15.4 Å². The molecule has 290 valence electrons. The van der Waals surface area contributed by atoms with Crippen LogP contribution in [-0.2, 0) is 56.6 Å². The molecule has 0 aliphatic carbocycles. The molecule has 0 radical (unpaired) electrons. The highest BCUT2D eigenvalue weighted by Crippen LogP contribution is 2.36. The Hall–Kier alpha value is -2.27. The highest BCUT2D eigenvalue weighted by atomic mass is 28.4. The maximum Gasteiger partial charge on any atom is 0.307 e. The van der Waals surface area contributed by atoms with Gasteiger partial charge in [0.1, 0.15) is 0 Å². The molecule has 0 amide bonds. The first-order valence-corrected chi connectivity index (χ1v) is 19.8. The van der Waals surface area contributed by atoms with Crippen LogP contribution in [0.2, 0.25) is 5.04 Å². The van der Waals surface area contributed by atoms with Gasteiger partial charge in [-0.2, -0.15) is 0 Å². The van der Waals surface area contributed by atoms with E-state index in [1.54, 1.807) is 0 Å². The van der Waals surface area contributed by atoms with Gasteiger partial charge in [0, 0.05) is 0 Å². The van der Waals surface area contributed by atoms with Gasteiger partial charge < -0.3 is 51.8 Å². The van der Waals surface area contributed by atoms with Crippen molar-refractivity contribution in [3.63, 3.8) is 0 Å². The second kappa shape index (κ2) is 29.2. The van der Waals surface area contributed by atoms with E-state index in [0.29, 0.717) is 126 Å². The third-order valence-corrected chi connectivity index (χ3v) is 12.7. The quantitative estimate of drug-likeness (QED) is 0.0608. The molecule has 0 spiro atoms. The molecule has 0 unspecified atom stereocenters. The second-order valence-electron chi connectivity index (χ2n) is 12.3. The molecule has 0 N–H and O–H groups in total. The summed E-state index contributed by atoms with van der Waals surface area (Å²) >= 11 is 0. The number of hydrogen-bond acceptors (Lipinski definition) is 12. The van der Waals surface area contributed by atoms with Crippen LogP contribution in [-0.4, -0.2) is 147 Å². The lowest BCUT2D eigenvalue weighted by molar-refractivity contribution is -0.141. The normalized spacial score (nSPS) is 12.0. The van der Waals surface area contributed by atoms with E-state index in [4.69, 9.17) is 47.1 Å². The van der Waals surface area contributed by atoms with Crippen molar-refractivity contribution in [2.45, 2.75) is 32.2 Å². The van der Waals surface area contributed by atoms with Gasteiger partial charge in [0.05, 0.1) is 139 Å². The van der Waals surface area contributed by atoms with Gasteiger partial charge in [0.2, 0.25) is 0 Å². The molecule has 0 atom stereocenters. The molecule has 0 saturated carbocycles. The molecule has 0 aliphatic heterocycles. The summed E-state index contributed by atoms with van der Waals surface area (Å²) < 4.78 is 61.0. The fourth-order valence-corrected chi connectivity index (χ4v) is 9.68. The van der Waals surface area contributed by atoms with Crippen LogP contribution < -0.4 is 10.4 Å². The first kappa shape index (κ1) is 44.9. The maximum absolute atomic E-state index is 10.9. The van der Waals surface area contributed by atoms with Crippen LogP contribution in [0.4, 0.5) is 0 Å². The van der Waals surface area contributed by atoms with Crippen molar-refractivity contribution in [1.82, 2.24) is 0 Å². The fourth-order valence-electron chi connectivity index (χ4n) is 5.13. The predicted octanol–water partition coefficient (Wildman–Crippen LogP) is 3.28. The Balaban J connectivity index is 1.34. The van der Waals surface area contributed by atoms with Gasteiger partial charge in [0.25, 0.3) is 8.32 Å². The Labute approximate surface area is 306 Å². The highest BCUT2D eigenvalue weighted by molar-refractivity contribution is 6.99. The van der Waals surface area contributed by atoms with Gasteiger partial charge in [-0.25, -0.2) is 0 Å². The lowest BCUT2D eigenvalue weighted by atomic mass is 10.2. The van der Waals surface area contributed by atoms with Crippen LogP contribution in [0.15, 0.2) is 60.7 Å². The largest absolute Gasteiger partial charge is 0.469 e. The molecular weight excluding hydrogens is 676 g/mol. The molecule has 0 aromatic heterocycles. The minimum Gasteiger partial charge on any atom is -0.469 e. The molecule has 0 fully saturated rings. The van der Waals surface area contributed by atoms with Crippen molar-refractivity contribution in [3.8, 4) is 0 Å². The SMILES string of the molecule is COC(=O)CCOCCOCCOCCOCCOCCOCCOCCOCCOCCO[Si](c1ccccc1)(c1ccccc1)C(C)(C)C. The minimum absolute atomic E-state index is 0.0587. The fraction of sp³-hybridized carbons (Fsp3) is 0.658. The number of carbonyl (C=O) groups is 1. The maximum atomic E-state index is 10.9. The van der Waals surface area contributed by atoms with Gasteiger partial charge in [-0.15, -0.1) is 0 Å². The van der Waals surface area contributed by atoms with Crippen molar-refractivity contribution < 1.29 is 56.6 Å². The molecule has 51 heavy (non-hydrogen) atoms. The Kier molecular flexibility index (Phi) is 25.7. The second-order valence-corrected chi connectivity index (χ2v) is 16.7. The van der Waals surface area contributed by atoms with Crippen molar-refractivity contribution in [3.05, 3.63) is 60.7 Å². The Morgan fingerprint density at radius 2 is 0.725 bits per heavy atom. The van der Waals surface area contributed by atoms with Crippen molar-refractivity contribution >= 4 is 24.7 Å². The lowest BCUT2D eigenvalue weighted by Gasteiger charge is -2.43.